The first-order chi connectivity index (χ1) is 11.0. The van der Waals surface area contributed by atoms with E-state index in [0.717, 1.165) is 0 Å². The summed E-state index contributed by atoms with van der Waals surface area (Å²) in [4.78, 5) is 22.9. The molecule has 0 bridgehead atoms. The Kier molecular flexibility index (Phi) is 5.46. The van der Waals surface area contributed by atoms with E-state index in [0.29, 0.717) is 22.4 Å². The van der Waals surface area contributed by atoms with Crippen LogP contribution in [0.5, 0.6) is 5.75 Å². The van der Waals surface area contributed by atoms with Crippen LogP contribution in [-0.2, 0) is 11.3 Å². The molecule has 0 saturated carbocycles. The highest BCUT2D eigenvalue weighted by Gasteiger charge is 2.05. The van der Waals surface area contributed by atoms with Crippen LogP contribution in [0.15, 0.2) is 42.5 Å². The first kappa shape index (κ1) is 16.7. The van der Waals surface area contributed by atoms with E-state index in [-0.39, 0.29) is 30.7 Å². The molecule has 2 rings (SSSR count). The predicted molar refractivity (Wildman–Crippen MR) is 84.9 cm³/mol. The van der Waals surface area contributed by atoms with Crippen LogP contribution in [0.4, 0.5) is 4.39 Å². The molecule has 5 heteroatoms. The van der Waals surface area contributed by atoms with Gasteiger partial charge in [-0.2, -0.15) is 0 Å². The summed E-state index contributed by atoms with van der Waals surface area (Å²) >= 11 is 0. The molecule has 0 aliphatic carbocycles. The van der Waals surface area contributed by atoms with Crippen molar-refractivity contribution in [3.63, 3.8) is 0 Å². The van der Waals surface area contributed by atoms with E-state index in [1.165, 1.54) is 13.0 Å². The Bertz CT molecular complexity index is 711. The summed E-state index contributed by atoms with van der Waals surface area (Å²) in [6.45, 7) is 3.26. The molecule has 0 aliphatic heterocycles. The molecule has 0 atom stereocenters. The van der Waals surface area contributed by atoms with Crippen molar-refractivity contribution in [1.29, 1.82) is 0 Å². The van der Waals surface area contributed by atoms with E-state index in [2.05, 4.69) is 5.32 Å². The maximum atomic E-state index is 13.4. The van der Waals surface area contributed by atoms with Gasteiger partial charge in [-0.15, -0.1) is 0 Å². The van der Waals surface area contributed by atoms with E-state index in [4.69, 9.17) is 4.74 Å². The fourth-order valence-corrected chi connectivity index (χ4v) is 1.93. The molecule has 4 nitrogen and oxygen atoms in total. The van der Waals surface area contributed by atoms with Gasteiger partial charge in [-0.25, -0.2) is 4.39 Å². The molecule has 0 spiro atoms. The van der Waals surface area contributed by atoms with Crippen molar-refractivity contribution in [2.24, 2.45) is 0 Å². The zero-order chi connectivity index (χ0) is 16.8. The van der Waals surface area contributed by atoms with Gasteiger partial charge in [0.25, 0.3) is 5.91 Å². The zero-order valence-electron chi connectivity index (χ0n) is 13.1. The second kappa shape index (κ2) is 7.54. The van der Waals surface area contributed by atoms with Gasteiger partial charge in [-0.1, -0.05) is 12.1 Å². The van der Waals surface area contributed by atoms with Gasteiger partial charge in [-0.3, -0.25) is 9.59 Å². The van der Waals surface area contributed by atoms with Crippen LogP contribution < -0.4 is 10.1 Å². The average molecular weight is 315 g/mol. The number of Topliss-reactive ketones (excluding diaryl/α,β-unsaturated/α-hetero) is 1. The highest BCUT2D eigenvalue weighted by atomic mass is 19.1. The summed E-state index contributed by atoms with van der Waals surface area (Å²) in [7, 11) is 0. The molecule has 0 saturated heterocycles. The molecule has 0 aromatic heterocycles. The van der Waals surface area contributed by atoms with Crippen molar-refractivity contribution in [2.75, 3.05) is 6.61 Å². The lowest BCUT2D eigenvalue weighted by Gasteiger charge is -2.08. The minimum atomic E-state index is -0.304. The van der Waals surface area contributed by atoms with Crippen molar-refractivity contribution in [2.45, 2.75) is 20.4 Å². The van der Waals surface area contributed by atoms with Crippen LogP contribution >= 0.6 is 0 Å². The third-order valence-electron chi connectivity index (χ3n) is 3.36. The summed E-state index contributed by atoms with van der Waals surface area (Å²) in [5.74, 6) is -0.119. The molecule has 2 aromatic carbocycles. The standard InChI is InChI=1S/C18H18FNO3/c1-12-3-4-14(9-17(12)19)10-20-18(22)11-23-16-7-5-15(6-8-16)13(2)21/h3-9H,10-11H2,1-2H3,(H,20,22). The fourth-order valence-electron chi connectivity index (χ4n) is 1.93. The molecule has 0 fully saturated rings. The van der Waals surface area contributed by atoms with Crippen LogP contribution in [0.3, 0.4) is 0 Å². The summed E-state index contributed by atoms with van der Waals surface area (Å²) < 4.78 is 18.7. The second-order valence-corrected chi connectivity index (χ2v) is 5.23. The molecular weight excluding hydrogens is 297 g/mol. The number of halogens is 1. The Hall–Kier alpha value is -2.69. The van der Waals surface area contributed by atoms with Crippen LogP contribution in [0.2, 0.25) is 0 Å². The van der Waals surface area contributed by atoms with Gasteiger partial charge in [0, 0.05) is 12.1 Å². The average Bonchev–Trinajstić information content (AvgIpc) is 2.54. The second-order valence-electron chi connectivity index (χ2n) is 5.23. The summed E-state index contributed by atoms with van der Waals surface area (Å²) in [5, 5.41) is 2.66. The van der Waals surface area contributed by atoms with Gasteiger partial charge in [-0.05, 0) is 55.3 Å². The Morgan fingerprint density at radius 1 is 1.13 bits per heavy atom. The van der Waals surface area contributed by atoms with Gasteiger partial charge in [0.2, 0.25) is 0 Å². The third-order valence-corrected chi connectivity index (χ3v) is 3.36. The van der Waals surface area contributed by atoms with Crippen molar-refractivity contribution in [1.82, 2.24) is 5.32 Å². The van der Waals surface area contributed by atoms with Gasteiger partial charge >= 0.3 is 0 Å². The molecule has 120 valence electrons. The normalized spacial score (nSPS) is 10.2. The molecule has 0 radical (unpaired) electrons. The van der Waals surface area contributed by atoms with Crippen molar-refractivity contribution < 1.29 is 18.7 Å². The first-order valence-electron chi connectivity index (χ1n) is 7.21. The zero-order valence-corrected chi connectivity index (χ0v) is 13.1. The number of carbonyl (C=O) groups is 2. The smallest absolute Gasteiger partial charge is 0.258 e. The van der Waals surface area contributed by atoms with Gasteiger partial charge < -0.3 is 10.1 Å². The number of amides is 1. The predicted octanol–water partition coefficient (Wildman–Crippen LogP) is 3.03. The lowest BCUT2D eigenvalue weighted by atomic mass is 10.1. The van der Waals surface area contributed by atoms with Crippen LogP contribution in [0, 0.1) is 12.7 Å². The molecule has 2 aromatic rings. The number of hydrogen-bond donors (Lipinski definition) is 1. The molecular formula is C18H18FNO3. The summed E-state index contributed by atoms with van der Waals surface area (Å²) in [6.07, 6.45) is 0. The Morgan fingerprint density at radius 2 is 1.83 bits per heavy atom. The maximum absolute atomic E-state index is 13.4. The lowest BCUT2D eigenvalue weighted by molar-refractivity contribution is -0.123. The summed E-state index contributed by atoms with van der Waals surface area (Å²) in [6, 6.07) is 11.4. The van der Waals surface area contributed by atoms with E-state index in [1.807, 2.05) is 0 Å². The molecule has 0 aliphatic rings. The first-order valence-corrected chi connectivity index (χ1v) is 7.21. The van der Waals surface area contributed by atoms with E-state index in [1.54, 1.807) is 43.3 Å². The van der Waals surface area contributed by atoms with Crippen molar-refractivity contribution >= 4 is 11.7 Å². The third kappa shape index (κ3) is 4.92. The number of nitrogens with one attached hydrogen (secondary N) is 1. The Morgan fingerprint density at radius 3 is 2.43 bits per heavy atom. The number of ether oxygens (including phenoxy) is 1. The Balaban J connectivity index is 1.80. The highest BCUT2D eigenvalue weighted by Crippen LogP contribution is 2.12. The number of hydrogen-bond acceptors (Lipinski definition) is 3. The number of benzene rings is 2. The number of aryl methyl sites for hydroxylation is 1. The van der Waals surface area contributed by atoms with Gasteiger partial charge in [0.15, 0.2) is 12.4 Å². The largest absolute Gasteiger partial charge is 0.484 e. The van der Waals surface area contributed by atoms with E-state index in [9.17, 15) is 14.0 Å². The van der Waals surface area contributed by atoms with Crippen molar-refractivity contribution in [3.8, 4) is 5.75 Å². The number of ketones is 1. The lowest BCUT2D eigenvalue weighted by Crippen LogP contribution is -2.28. The minimum absolute atomic E-state index is 0.0281. The Labute approximate surface area is 134 Å². The van der Waals surface area contributed by atoms with Crippen LogP contribution in [0.25, 0.3) is 0 Å². The molecule has 23 heavy (non-hydrogen) atoms. The number of carbonyl (C=O) groups excluding carboxylic acids is 2. The number of rotatable bonds is 6. The minimum Gasteiger partial charge on any atom is -0.484 e. The van der Waals surface area contributed by atoms with Gasteiger partial charge in [0.1, 0.15) is 11.6 Å². The topological polar surface area (TPSA) is 55.4 Å². The SMILES string of the molecule is CC(=O)c1ccc(OCC(=O)NCc2ccc(C)c(F)c2)cc1. The van der Waals surface area contributed by atoms with Crippen molar-refractivity contribution in [3.05, 3.63) is 65.0 Å². The van der Waals surface area contributed by atoms with Crippen LogP contribution in [0.1, 0.15) is 28.4 Å². The highest BCUT2D eigenvalue weighted by molar-refractivity contribution is 5.94. The quantitative estimate of drug-likeness (QED) is 0.834. The van der Waals surface area contributed by atoms with E-state index >= 15 is 0 Å². The molecule has 0 unspecified atom stereocenters. The fraction of sp³-hybridized carbons (Fsp3) is 0.222. The maximum Gasteiger partial charge on any atom is 0.258 e. The van der Waals surface area contributed by atoms with Gasteiger partial charge in [0.05, 0.1) is 0 Å². The van der Waals surface area contributed by atoms with E-state index < -0.39 is 0 Å². The molecule has 1 amide bonds. The monoisotopic (exact) mass is 315 g/mol. The van der Waals surface area contributed by atoms with Crippen LogP contribution in [-0.4, -0.2) is 18.3 Å². The molecule has 0 heterocycles. The summed E-state index contributed by atoms with van der Waals surface area (Å²) in [5.41, 5.74) is 1.84. The molecule has 1 N–H and O–H groups in total.